The van der Waals surface area contributed by atoms with Crippen LogP contribution < -0.4 is 0 Å². The maximum Gasteiger partial charge on any atom is 0.349 e. The van der Waals surface area contributed by atoms with Gasteiger partial charge < -0.3 is 4.74 Å². The van der Waals surface area contributed by atoms with E-state index in [9.17, 15) is 10.1 Å². The van der Waals surface area contributed by atoms with Crippen LogP contribution in [0.4, 0.5) is 0 Å². The Morgan fingerprint density at radius 2 is 1.35 bits per heavy atom. The molecule has 10 heteroatoms. The second-order valence-electron chi connectivity index (χ2n) is 12.1. The van der Waals surface area contributed by atoms with Gasteiger partial charge >= 0.3 is 5.97 Å². The number of thiophene rings is 2. The van der Waals surface area contributed by atoms with Crippen molar-refractivity contribution in [2.24, 2.45) is 0 Å². The predicted octanol–water partition coefficient (Wildman–Crippen LogP) is 9.82. The lowest BCUT2D eigenvalue weighted by Gasteiger charge is -2.13. The minimum absolute atomic E-state index is 0.0793. The SMILES string of the molecule is CCOC(=O)/C(C#N)=C1\c2ccccc2-c2nc3c(-c4cc(C)c(C(C)C)s4)c4nsnc4c(-c4cc(C)c(C(C)C)s4)c3nc21. The summed E-state index contributed by atoms with van der Waals surface area (Å²) in [6.45, 7) is 15.0. The van der Waals surface area contributed by atoms with Crippen molar-refractivity contribution in [1.82, 2.24) is 18.7 Å². The lowest BCUT2D eigenvalue weighted by atomic mass is 9.99. The fourth-order valence-electron chi connectivity index (χ4n) is 6.43. The van der Waals surface area contributed by atoms with Crippen molar-refractivity contribution >= 4 is 68.0 Å². The second-order valence-corrected chi connectivity index (χ2v) is 14.8. The van der Waals surface area contributed by atoms with Crippen molar-refractivity contribution in [2.45, 2.75) is 60.3 Å². The van der Waals surface area contributed by atoms with E-state index in [1.54, 1.807) is 29.6 Å². The van der Waals surface area contributed by atoms with E-state index >= 15 is 0 Å². The van der Waals surface area contributed by atoms with Gasteiger partial charge in [0.25, 0.3) is 0 Å². The molecule has 4 aromatic heterocycles. The number of rotatable bonds is 6. The Morgan fingerprint density at radius 3 is 1.83 bits per heavy atom. The first-order valence-electron chi connectivity index (χ1n) is 15.3. The van der Waals surface area contributed by atoms with E-state index in [0.29, 0.717) is 34.3 Å². The third-order valence-electron chi connectivity index (χ3n) is 8.32. The minimum atomic E-state index is -0.671. The maximum absolute atomic E-state index is 13.1. The lowest BCUT2D eigenvalue weighted by molar-refractivity contribution is -0.137. The van der Waals surface area contributed by atoms with Crippen molar-refractivity contribution in [3.63, 3.8) is 0 Å². The van der Waals surface area contributed by atoms with Crippen molar-refractivity contribution in [3.8, 4) is 38.2 Å². The average molecular weight is 662 g/mol. The molecule has 7 rings (SSSR count). The van der Waals surface area contributed by atoms with Gasteiger partial charge in [-0.1, -0.05) is 52.0 Å². The van der Waals surface area contributed by atoms with Crippen LogP contribution in [0.25, 0.3) is 59.8 Å². The van der Waals surface area contributed by atoms with E-state index < -0.39 is 5.97 Å². The Labute approximate surface area is 279 Å². The van der Waals surface area contributed by atoms with Crippen molar-refractivity contribution in [3.05, 3.63) is 74.1 Å². The molecule has 0 saturated carbocycles. The van der Waals surface area contributed by atoms with Crippen LogP contribution in [0, 0.1) is 25.2 Å². The Balaban J connectivity index is 1.66. The fraction of sp³-hybridized carbons (Fsp3) is 0.278. The topological polar surface area (TPSA) is 102 Å². The van der Waals surface area contributed by atoms with Crippen molar-refractivity contribution < 1.29 is 9.53 Å². The molecule has 0 unspecified atom stereocenters. The van der Waals surface area contributed by atoms with E-state index in [4.69, 9.17) is 23.5 Å². The highest BCUT2D eigenvalue weighted by Gasteiger charge is 2.34. The number of carbonyl (C=O) groups is 1. The molecule has 0 radical (unpaired) electrons. The summed E-state index contributed by atoms with van der Waals surface area (Å²) in [7, 11) is 0. The Bertz CT molecular complexity index is 2300. The molecule has 0 N–H and O–H groups in total. The Kier molecular flexibility index (Phi) is 7.59. The van der Waals surface area contributed by atoms with Gasteiger partial charge in [-0.25, -0.2) is 14.8 Å². The molecule has 0 fully saturated rings. The zero-order valence-electron chi connectivity index (χ0n) is 26.6. The van der Waals surface area contributed by atoms with Gasteiger partial charge in [-0.3, -0.25) is 0 Å². The van der Waals surface area contributed by atoms with Gasteiger partial charge in [0.15, 0.2) is 0 Å². The first-order chi connectivity index (χ1) is 22.1. The van der Waals surface area contributed by atoms with E-state index in [1.807, 2.05) is 24.3 Å². The van der Waals surface area contributed by atoms with Gasteiger partial charge in [0, 0.05) is 41.8 Å². The number of ether oxygens (including phenoxy) is 1. The molecule has 0 atom stereocenters. The predicted molar refractivity (Wildman–Crippen MR) is 188 cm³/mol. The van der Waals surface area contributed by atoms with Crippen LogP contribution in [0.5, 0.6) is 0 Å². The molecule has 4 heterocycles. The quantitative estimate of drug-likeness (QED) is 0.0993. The summed E-state index contributed by atoms with van der Waals surface area (Å²) < 4.78 is 15.1. The highest BCUT2D eigenvalue weighted by atomic mass is 32.1. The molecule has 0 saturated heterocycles. The number of nitriles is 1. The monoisotopic (exact) mass is 661 g/mol. The zero-order chi connectivity index (χ0) is 32.4. The fourth-order valence-corrected chi connectivity index (χ4v) is 9.44. The number of aryl methyl sites for hydroxylation is 2. The van der Waals surface area contributed by atoms with Crippen LogP contribution in [0.2, 0.25) is 0 Å². The van der Waals surface area contributed by atoms with Crippen molar-refractivity contribution in [2.75, 3.05) is 6.61 Å². The largest absolute Gasteiger partial charge is 0.462 e. The zero-order valence-corrected chi connectivity index (χ0v) is 29.1. The Morgan fingerprint density at radius 1 is 0.826 bits per heavy atom. The van der Waals surface area contributed by atoms with Gasteiger partial charge in [-0.05, 0) is 61.4 Å². The van der Waals surface area contributed by atoms with Gasteiger partial charge in [-0.15, -0.1) is 22.7 Å². The molecular weight excluding hydrogens is 631 g/mol. The van der Waals surface area contributed by atoms with Crippen LogP contribution in [0.1, 0.15) is 78.6 Å². The number of fused-ring (bicyclic) bond motifs is 5. The average Bonchev–Trinajstić information content (AvgIpc) is 3.81. The first-order valence-corrected chi connectivity index (χ1v) is 17.6. The van der Waals surface area contributed by atoms with E-state index in [0.717, 1.165) is 48.6 Å². The molecule has 0 spiro atoms. The number of hydrogen-bond acceptors (Lipinski definition) is 10. The normalized spacial score (nSPS) is 13.5. The Hall–Kier alpha value is -4.30. The molecule has 2 aromatic carbocycles. The standard InChI is InChI=1S/C36H31N5O2S3/c1-8-43-36(42)22(15-37)25-20-11-9-10-12-21(20)28-29(25)39-31-27(24-14-19(7)35(45-24)17(4)5)33-32(40-46-41-33)26(30(31)38-28)23-13-18(6)34(44-23)16(2)3/h9-14,16-17H,8H2,1-7H3/b25-22+. The van der Waals surface area contributed by atoms with E-state index in [-0.39, 0.29) is 12.2 Å². The number of carbonyl (C=O) groups excluding carboxylic acids is 1. The summed E-state index contributed by atoms with van der Waals surface area (Å²) in [6, 6.07) is 14.3. The third kappa shape index (κ3) is 4.60. The first kappa shape index (κ1) is 30.4. The molecular formula is C36H31N5O2S3. The molecule has 0 amide bonds. The van der Waals surface area contributed by atoms with Crippen LogP contribution in [0.3, 0.4) is 0 Å². The number of esters is 1. The van der Waals surface area contributed by atoms with Crippen LogP contribution in [-0.4, -0.2) is 31.3 Å². The number of benzene rings is 2. The maximum atomic E-state index is 13.1. The highest BCUT2D eigenvalue weighted by Crippen LogP contribution is 2.50. The van der Waals surface area contributed by atoms with Gasteiger partial charge in [0.2, 0.25) is 0 Å². The van der Waals surface area contributed by atoms with Crippen LogP contribution >= 0.6 is 34.4 Å². The smallest absolute Gasteiger partial charge is 0.349 e. The second kappa shape index (κ2) is 11.5. The molecule has 1 aliphatic carbocycles. The highest BCUT2D eigenvalue weighted by molar-refractivity contribution is 7.16. The third-order valence-corrected chi connectivity index (χ3v) is 12.0. The van der Waals surface area contributed by atoms with Crippen LogP contribution in [0.15, 0.2) is 42.0 Å². The molecule has 1 aliphatic rings. The summed E-state index contributed by atoms with van der Waals surface area (Å²) in [4.78, 5) is 28.6. The minimum Gasteiger partial charge on any atom is -0.462 e. The molecule has 7 nitrogen and oxygen atoms in total. The van der Waals surface area contributed by atoms with E-state index in [2.05, 4.69) is 59.7 Å². The van der Waals surface area contributed by atoms with Gasteiger partial charge in [0.1, 0.15) is 33.7 Å². The van der Waals surface area contributed by atoms with Gasteiger partial charge in [0.05, 0.1) is 29.7 Å². The lowest BCUT2D eigenvalue weighted by Crippen LogP contribution is -2.09. The van der Waals surface area contributed by atoms with Crippen molar-refractivity contribution in [1.29, 1.82) is 5.26 Å². The summed E-state index contributed by atoms with van der Waals surface area (Å²) in [6.07, 6.45) is 0. The summed E-state index contributed by atoms with van der Waals surface area (Å²) in [5, 5.41) is 10.3. The summed E-state index contributed by atoms with van der Waals surface area (Å²) in [5.41, 5.74) is 10.3. The molecule has 6 aromatic rings. The van der Waals surface area contributed by atoms with Crippen LogP contribution in [-0.2, 0) is 9.53 Å². The number of hydrogen-bond donors (Lipinski definition) is 0. The van der Waals surface area contributed by atoms with E-state index in [1.165, 1.54) is 32.6 Å². The van der Waals surface area contributed by atoms with Gasteiger partial charge in [-0.2, -0.15) is 14.0 Å². The molecule has 230 valence electrons. The summed E-state index contributed by atoms with van der Waals surface area (Å²) in [5.74, 6) is 0.0634. The number of aromatic nitrogens is 4. The summed E-state index contributed by atoms with van der Waals surface area (Å²) >= 11 is 4.70. The molecule has 0 bridgehead atoms. The number of nitrogens with zero attached hydrogens (tertiary/aromatic N) is 5. The molecule has 0 aliphatic heterocycles. The molecule has 46 heavy (non-hydrogen) atoms.